The third kappa shape index (κ3) is 5.67. The summed E-state index contributed by atoms with van der Waals surface area (Å²) in [6, 6.07) is 15.9. The highest BCUT2D eigenvalue weighted by atomic mass is 32.1. The number of hydrogen-bond acceptors (Lipinski definition) is 4. The van der Waals surface area contributed by atoms with Gasteiger partial charge in [-0.3, -0.25) is 4.79 Å². The molecule has 0 spiro atoms. The Morgan fingerprint density at radius 1 is 1.12 bits per heavy atom. The van der Waals surface area contributed by atoms with E-state index >= 15 is 0 Å². The maximum Gasteiger partial charge on any atom is 0.223 e. The molecule has 0 fully saturated rings. The molecule has 0 aliphatic rings. The number of carbonyl (C=O) groups excluding carboxylic acids is 1. The lowest BCUT2D eigenvalue weighted by atomic mass is 10.1. The van der Waals surface area contributed by atoms with Crippen molar-refractivity contribution in [1.29, 1.82) is 0 Å². The van der Waals surface area contributed by atoms with Crippen LogP contribution in [0.3, 0.4) is 0 Å². The number of aromatic nitrogens is 1. The topological polar surface area (TPSA) is 51.2 Å². The molecule has 1 heterocycles. The maximum atomic E-state index is 12.9. The fourth-order valence-electron chi connectivity index (χ4n) is 2.36. The van der Waals surface area contributed by atoms with Crippen molar-refractivity contribution in [3.05, 3.63) is 82.1 Å². The standard InChI is InChI=1S/C20H19FN2O2S/c21-16-8-6-15(7-9-16)12-18-13-23-20(26-18)14-22-19(24)10-11-25-17-4-2-1-3-5-17/h1-9,13H,10-12,14H2,(H,22,24). The van der Waals surface area contributed by atoms with Crippen molar-refractivity contribution in [1.82, 2.24) is 10.3 Å². The molecule has 0 saturated carbocycles. The maximum absolute atomic E-state index is 12.9. The Bertz CT molecular complexity index is 835. The Balaban J connectivity index is 1.40. The summed E-state index contributed by atoms with van der Waals surface area (Å²) in [5, 5.41) is 3.70. The second kappa shape index (κ2) is 9.10. The molecule has 1 aromatic heterocycles. The van der Waals surface area contributed by atoms with Gasteiger partial charge in [0.05, 0.1) is 19.6 Å². The molecule has 0 bridgehead atoms. The predicted molar refractivity (Wildman–Crippen MR) is 99.7 cm³/mol. The average molecular weight is 370 g/mol. The van der Waals surface area contributed by atoms with E-state index < -0.39 is 0 Å². The number of nitrogens with zero attached hydrogens (tertiary/aromatic N) is 1. The monoisotopic (exact) mass is 370 g/mol. The molecule has 3 rings (SSSR count). The van der Waals surface area contributed by atoms with Gasteiger partial charge in [0.25, 0.3) is 0 Å². The Kier molecular flexibility index (Phi) is 6.33. The summed E-state index contributed by atoms with van der Waals surface area (Å²) in [5.41, 5.74) is 1.03. The minimum Gasteiger partial charge on any atom is -0.493 e. The van der Waals surface area contributed by atoms with Crippen LogP contribution in [-0.2, 0) is 17.8 Å². The molecule has 4 nitrogen and oxygen atoms in total. The minimum atomic E-state index is -0.238. The summed E-state index contributed by atoms with van der Waals surface area (Å²) in [4.78, 5) is 17.3. The molecule has 0 atom stereocenters. The number of carbonyl (C=O) groups is 1. The van der Waals surface area contributed by atoms with Crippen LogP contribution in [0.25, 0.3) is 0 Å². The fourth-order valence-corrected chi connectivity index (χ4v) is 3.25. The van der Waals surface area contributed by atoms with Crippen molar-refractivity contribution in [3.63, 3.8) is 0 Å². The van der Waals surface area contributed by atoms with Crippen molar-refractivity contribution >= 4 is 17.2 Å². The van der Waals surface area contributed by atoms with Crippen LogP contribution in [0.15, 0.2) is 60.8 Å². The van der Waals surface area contributed by atoms with Gasteiger partial charge in [0.2, 0.25) is 5.91 Å². The van der Waals surface area contributed by atoms with E-state index in [4.69, 9.17) is 4.74 Å². The largest absolute Gasteiger partial charge is 0.493 e. The first-order valence-corrected chi connectivity index (χ1v) is 9.13. The molecule has 26 heavy (non-hydrogen) atoms. The number of thiazole rings is 1. The van der Waals surface area contributed by atoms with Crippen LogP contribution in [-0.4, -0.2) is 17.5 Å². The number of para-hydroxylation sites is 1. The highest BCUT2D eigenvalue weighted by Crippen LogP contribution is 2.17. The quantitative estimate of drug-likeness (QED) is 0.653. The first kappa shape index (κ1) is 18.1. The highest BCUT2D eigenvalue weighted by Gasteiger charge is 2.06. The Hall–Kier alpha value is -2.73. The average Bonchev–Trinajstić information content (AvgIpc) is 3.10. The van der Waals surface area contributed by atoms with Crippen molar-refractivity contribution in [2.24, 2.45) is 0 Å². The molecule has 0 aliphatic carbocycles. The lowest BCUT2D eigenvalue weighted by Gasteiger charge is -2.06. The van der Waals surface area contributed by atoms with E-state index in [0.29, 0.717) is 26.0 Å². The van der Waals surface area contributed by atoms with Crippen LogP contribution in [0, 0.1) is 5.82 Å². The van der Waals surface area contributed by atoms with Crippen LogP contribution in [0.4, 0.5) is 4.39 Å². The number of hydrogen-bond donors (Lipinski definition) is 1. The number of rotatable bonds is 8. The van der Waals surface area contributed by atoms with Crippen molar-refractivity contribution < 1.29 is 13.9 Å². The normalized spacial score (nSPS) is 10.5. The van der Waals surface area contributed by atoms with E-state index in [9.17, 15) is 9.18 Å². The van der Waals surface area contributed by atoms with Gasteiger partial charge in [-0.15, -0.1) is 11.3 Å². The van der Waals surface area contributed by atoms with Gasteiger partial charge in [-0.05, 0) is 29.8 Å². The molecule has 0 unspecified atom stereocenters. The molecule has 3 aromatic rings. The second-order valence-corrected chi connectivity index (χ2v) is 6.91. The van der Waals surface area contributed by atoms with Crippen molar-refractivity contribution in [2.45, 2.75) is 19.4 Å². The van der Waals surface area contributed by atoms with E-state index in [1.807, 2.05) is 30.3 Å². The summed E-state index contributed by atoms with van der Waals surface area (Å²) in [5.74, 6) is 0.444. The molecule has 1 N–H and O–H groups in total. The molecule has 2 aromatic carbocycles. The Labute approximate surface area is 155 Å². The van der Waals surface area contributed by atoms with Gasteiger partial charge in [-0.2, -0.15) is 0 Å². The number of ether oxygens (including phenoxy) is 1. The number of amides is 1. The highest BCUT2D eigenvalue weighted by molar-refractivity contribution is 7.11. The number of nitrogens with one attached hydrogen (secondary N) is 1. The zero-order valence-electron chi connectivity index (χ0n) is 14.2. The predicted octanol–water partition coefficient (Wildman–Crippen LogP) is 3.96. The third-order valence-corrected chi connectivity index (χ3v) is 4.67. The summed E-state index contributed by atoms with van der Waals surface area (Å²) >= 11 is 1.54. The number of halogens is 1. The Morgan fingerprint density at radius 2 is 1.88 bits per heavy atom. The fraction of sp³-hybridized carbons (Fsp3) is 0.200. The van der Waals surface area contributed by atoms with Gasteiger partial charge >= 0.3 is 0 Å². The Morgan fingerprint density at radius 3 is 2.65 bits per heavy atom. The molecule has 134 valence electrons. The van der Waals surface area contributed by atoms with Gasteiger partial charge in [0.1, 0.15) is 16.6 Å². The van der Waals surface area contributed by atoms with Crippen LogP contribution >= 0.6 is 11.3 Å². The van der Waals surface area contributed by atoms with Gasteiger partial charge in [-0.25, -0.2) is 9.37 Å². The molecule has 0 aliphatic heterocycles. The lowest BCUT2D eigenvalue weighted by molar-refractivity contribution is -0.121. The smallest absolute Gasteiger partial charge is 0.223 e. The van der Waals surface area contributed by atoms with Crippen molar-refractivity contribution in [3.8, 4) is 5.75 Å². The molecule has 0 radical (unpaired) electrons. The van der Waals surface area contributed by atoms with E-state index in [2.05, 4.69) is 10.3 Å². The first-order chi connectivity index (χ1) is 12.7. The van der Waals surface area contributed by atoms with Gasteiger partial charge < -0.3 is 10.1 Å². The van der Waals surface area contributed by atoms with Crippen LogP contribution in [0.5, 0.6) is 5.75 Å². The van der Waals surface area contributed by atoms with E-state index in [-0.39, 0.29) is 11.7 Å². The molecule has 6 heteroatoms. The first-order valence-electron chi connectivity index (χ1n) is 8.31. The van der Waals surface area contributed by atoms with Gasteiger partial charge in [0, 0.05) is 17.5 Å². The summed E-state index contributed by atoms with van der Waals surface area (Å²) in [7, 11) is 0. The molecular formula is C20H19FN2O2S. The van der Waals surface area contributed by atoms with Crippen LogP contribution in [0.2, 0.25) is 0 Å². The second-order valence-electron chi connectivity index (χ2n) is 5.71. The van der Waals surface area contributed by atoms with Crippen molar-refractivity contribution in [2.75, 3.05) is 6.61 Å². The molecular weight excluding hydrogens is 351 g/mol. The summed E-state index contributed by atoms with van der Waals surface area (Å²) in [6.45, 7) is 0.738. The lowest BCUT2D eigenvalue weighted by Crippen LogP contribution is -2.24. The van der Waals surface area contributed by atoms with Gasteiger partial charge in [0.15, 0.2) is 0 Å². The van der Waals surface area contributed by atoms with E-state index in [1.165, 1.54) is 12.1 Å². The molecule has 1 amide bonds. The molecule has 0 saturated heterocycles. The minimum absolute atomic E-state index is 0.0729. The zero-order valence-corrected chi connectivity index (χ0v) is 15.0. The third-order valence-electron chi connectivity index (χ3n) is 3.67. The SMILES string of the molecule is O=C(CCOc1ccccc1)NCc1ncc(Cc2ccc(F)cc2)s1. The van der Waals surface area contributed by atoms with Crippen LogP contribution < -0.4 is 10.1 Å². The van der Waals surface area contributed by atoms with E-state index in [0.717, 1.165) is 21.2 Å². The summed E-state index contributed by atoms with van der Waals surface area (Å²) in [6.07, 6.45) is 2.80. The number of benzene rings is 2. The zero-order chi connectivity index (χ0) is 18.2. The van der Waals surface area contributed by atoms with Crippen LogP contribution in [0.1, 0.15) is 21.9 Å². The summed E-state index contributed by atoms with van der Waals surface area (Å²) < 4.78 is 18.4. The van der Waals surface area contributed by atoms with E-state index in [1.54, 1.807) is 29.7 Å². The van der Waals surface area contributed by atoms with Gasteiger partial charge in [-0.1, -0.05) is 30.3 Å².